The minimum Gasteiger partial charge on any atom is -0.497 e. The van der Waals surface area contributed by atoms with Gasteiger partial charge in [-0.1, -0.05) is 35.9 Å². The first-order chi connectivity index (χ1) is 15.1. The molecule has 0 aliphatic carbocycles. The Morgan fingerprint density at radius 2 is 1.94 bits per heavy atom. The number of pyridine rings is 1. The summed E-state index contributed by atoms with van der Waals surface area (Å²) in [6.07, 6.45) is 0.545. The molecule has 1 atom stereocenters. The smallest absolute Gasteiger partial charge is 0.284 e. The van der Waals surface area contributed by atoms with Crippen LogP contribution in [0.1, 0.15) is 33.3 Å². The molecule has 4 aromatic rings. The molecule has 0 spiro atoms. The van der Waals surface area contributed by atoms with Crippen LogP contribution in [0.25, 0.3) is 10.9 Å². The summed E-state index contributed by atoms with van der Waals surface area (Å²) in [7, 11) is 1.63. The van der Waals surface area contributed by atoms with E-state index in [-0.39, 0.29) is 11.9 Å². The van der Waals surface area contributed by atoms with Crippen LogP contribution in [0.15, 0.2) is 77.2 Å². The van der Waals surface area contributed by atoms with Crippen molar-refractivity contribution in [3.05, 3.63) is 93.3 Å². The fourth-order valence-electron chi connectivity index (χ4n) is 3.75. The van der Waals surface area contributed by atoms with Gasteiger partial charge >= 0.3 is 0 Å². The monoisotopic (exact) mass is 447 g/mol. The third kappa shape index (κ3) is 3.69. The molecule has 0 bridgehead atoms. The van der Waals surface area contributed by atoms with E-state index in [4.69, 9.17) is 21.4 Å². The molecular formula is C24H18ClN3O2S. The highest BCUT2D eigenvalue weighted by Gasteiger charge is 2.35. The number of halogens is 1. The Hall–Kier alpha value is -3.22. The minimum atomic E-state index is -0.337. The predicted molar refractivity (Wildman–Crippen MR) is 124 cm³/mol. The zero-order chi connectivity index (χ0) is 21.4. The summed E-state index contributed by atoms with van der Waals surface area (Å²) in [5.41, 5.74) is 3.37. The van der Waals surface area contributed by atoms with Crippen molar-refractivity contribution in [3.63, 3.8) is 0 Å². The fourth-order valence-corrected chi connectivity index (χ4v) is 4.68. The summed E-state index contributed by atoms with van der Waals surface area (Å²) >= 11 is 8.00. The standard InChI is InChI=1S/C24H18ClN3O2S/c1-30-17-10-8-15(9-11-17)20-14-21(28(27-20)24(29)22-7-4-12-31-22)18-13-16-5-2-3-6-19(16)26-23(18)25/h2-13,21H,14H2,1H3. The molecule has 7 heteroatoms. The van der Waals surface area contributed by atoms with Crippen LogP contribution in [0, 0.1) is 0 Å². The van der Waals surface area contributed by atoms with Crippen molar-refractivity contribution < 1.29 is 9.53 Å². The van der Waals surface area contributed by atoms with Crippen molar-refractivity contribution in [3.8, 4) is 5.75 Å². The van der Waals surface area contributed by atoms with Gasteiger partial charge in [-0.05, 0) is 53.4 Å². The number of para-hydroxylation sites is 1. The van der Waals surface area contributed by atoms with Gasteiger partial charge in [0.05, 0.1) is 29.3 Å². The van der Waals surface area contributed by atoms with Crippen LogP contribution < -0.4 is 4.74 Å². The molecule has 5 rings (SSSR count). The van der Waals surface area contributed by atoms with E-state index >= 15 is 0 Å². The van der Waals surface area contributed by atoms with Crippen LogP contribution in [0.3, 0.4) is 0 Å². The molecule has 1 unspecified atom stereocenters. The lowest BCUT2D eigenvalue weighted by molar-refractivity contribution is 0.0716. The fraction of sp³-hybridized carbons (Fsp3) is 0.125. The van der Waals surface area contributed by atoms with Crippen molar-refractivity contribution >= 4 is 45.5 Å². The first-order valence-electron chi connectivity index (χ1n) is 9.78. The molecule has 2 aromatic heterocycles. The number of rotatable bonds is 4. The van der Waals surface area contributed by atoms with E-state index in [2.05, 4.69) is 4.98 Å². The summed E-state index contributed by atoms with van der Waals surface area (Å²) in [6.45, 7) is 0. The first kappa shape index (κ1) is 19.7. The number of hydrazone groups is 1. The van der Waals surface area contributed by atoms with Gasteiger partial charge in [0.15, 0.2) is 0 Å². The zero-order valence-electron chi connectivity index (χ0n) is 16.7. The number of benzene rings is 2. The third-order valence-electron chi connectivity index (χ3n) is 5.34. The maximum absolute atomic E-state index is 13.3. The highest BCUT2D eigenvalue weighted by Crippen LogP contribution is 2.38. The molecule has 154 valence electrons. The number of carbonyl (C=O) groups excluding carboxylic acids is 1. The lowest BCUT2D eigenvalue weighted by Gasteiger charge is -2.22. The van der Waals surface area contributed by atoms with E-state index in [1.54, 1.807) is 12.1 Å². The molecule has 1 aliphatic rings. The maximum atomic E-state index is 13.3. The van der Waals surface area contributed by atoms with Crippen LogP contribution >= 0.6 is 22.9 Å². The van der Waals surface area contributed by atoms with E-state index in [1.807, 2.05) is 72.1 Å². The number of thiophene rings is 1. The molecule has 0 radical (unpaired) electrons. The number of methoxy groups -OCH3 is 1. The first-order valence-corrected chi connectivity index (χ1v) is 11.0. The normalized spacial score (nSPS) is 15.9. The van der Waals surface area contributed by atoms with Gasteiger partial charge in [-0.2, -0.15) is 5.10 Å². The second-order valence-electron chi connectivity index (χ2n) is 7.18. The molecule has 1 amide bonds. The van der Waals surface area contributed by atoms with Crippen LogP contribution in [0.4, 0.5) is 0 Å². The van der Waals surface area contributed by atoms with Crippen molar-refractivity contribution in [2.75, 3.05) is 7.11 Å². The Balaban J connectivity index is 1.58. The van der Waals surface area contributed by atoms with Gasteiger partial charge in [0.2, 0.25) is 0 Å². The highest BCUT2D eigenvalue weighted by atomic mass is 35.5. The summed E-state index contributed by atoms with van der Waals surface area (Å²) in [5, 5.41) is 9.52. The van der Waals surface area contributed by atoms with Crippen LogP contribution in [-0.2, 0) is 0 Å². The molecule has 0 fully saturated rings. The summed E-state index contributed by atoms with van der Waals surface area (Å²) in [4.78, 5) is 18.5. The van der Waals surface area contributed by atoms with Crippen molar-refractivity contribution in [2.45, 2.75) is 12.5 Å². The molecule has 0 saturated heterocycles. The topological polar surface area (TPSA) is 54.8 Å². The lowest BCUT2D eigenvalue weighted by atomic mass is 9.98. The second kappa shape index (κ2) is 8.13. The van der Waals surface area contributed by atoms with E-state index in [9.17, 15) is 4.79 Å². The number of aromatic nitrogens is 1. The Bertz CT molecular complexity index is 1290. The summed E-state index contributed by atoms with van der Waals surface area (Å²) < 4.78 is 5.26. The average molecular weight is 448 g/mol. The van der Waals surface area contributed by atoms with E-state index in [0.717, 1.165) is 33.5 Å². The molecule has 2 aromatic carbocycles. The molecule has 0 saturated carbocycles. The predicted octanol–water partition coefficient (Wildman–Crippen LogP) is 5.95. The number of hydrogen-bond acceptors (Lipinski definition) is 5. The van der Waals surface area contributed by atoms with Gasteiger partial charge in [-0.15, -0.1) is 11.3 Å². The van der Waals surface area contributed by atoms with Crippen LogP contribution in [-0.4, -0.2) is 28.7 Å². The van der Waals surface area contributed by atoms with Crippen molar-refractivity contribution in [1.82, 2.24) is 9.99 Å². The number of amides is 1. The quantitative estimate of drug-likeness (QED) is 0.363. The largest absolute Gasteiger partial charge is 0.497 e. The van der Waals surface area contributed by atoms with Gasteiger partial charge in [0, 0.05) is 17.4 Å². The average Bonchev–Trinajstić information content (AvgIpc) is 3.49. The Kier molecular flexibility index (Phi) is 5.18. The van der Waals surface area contributed by atoms with E-state index in [0.29, 0.717) is 16.5 Å². The van der Waals surface area contributed by atoms with E-state index in [1.165, 1.54) is 11.3 Å². The number of carbonyl (C=O) groups is 1. The van der Waals surface area contributed by atoms with E-state index < -0.39 is 0 Å². The summed E-state index contributed by atoms with van der Waals surface area (Å²) in [5.74, 6) is 0.625. The van der Waals surface area contributed by atoms with Crippen molar-refractivity contribution in [1.29, 1.82) is 0 Å². The maximum Gasteiger partial charge on any atom is 0.284 e. The van der Waals surface area contributed by atoms with Gasteiger partial charge < -0.3 is 4.74 Å². The molecule has 5 nitrogen and oxygen atoms in total. The Morgan fingerprint density at radius 3 is 2.68 bits per heavy atom. The third-order valence-corrected chi connectivity index (χ3v) is 6.50. The van der Waals surface area contributed by atoms with Crippen LogP contribution in [0.2, 0.25) is 5.15 Å². The molecule has 31 heavy (non-hydrogen) atoms. The van der Waals surface area contributed by atoms with Gasteiger partial charge in [-0.25, -0.2) is 9.99 Å². The SMILES string of the molecule is COc1ccc(C2=NN(C(=O)c3cccs3)C(c3cc4ccccc4nc3Cl)C2)cc1. The number of hydrogen-bond donors (Lipinski definition) is 0. The van der Waals surface area contributed by atoms with Gasteiger partial charge in [0.1, 0.15) is 10.9 Å². The van der Waals surface area contributed by atoms with Crippen LogP contribution in [0.5, 0.6) is 5.75 Å². The number of ether oxygens (including phenoxy) is 1. The Morgan fingerprint density at radius 1 is 1.13 bits per heavy atom. The Labute approximate surface area is 188 Å². The summed E-state index contributed by atoms with van der Waals surface area (Å²) in [6, 6.07) is 20.8. The molecule has 1 aliphatic heterocycles. The van der Waals surface area contributed by atoms with Gasteiger partial charge in [0.25, 0.3) is 5.91 Å². The van der Waals surface area contributed by atoms with Gasteiger partial charge in [-0.3, -0.25) is 4.79 Å². The lowest BCUT2D eigenvalue weighted by Crippen LogP contribution is -2.26. The molecular weight excluding hydrogens is 430 g/mol. The highest BCUT2D eigenvalue weighted by molar-refractivity contribution is 7.12. The van der Waals surface area contributed by atoms with Crippen molar-refractivity contribution in [2.24, 2.45) is 5.10 Å². The second-order valence-corrected chi connectivity index (χ2v) is 8.49. The zero-order valence-corrected chi connectivity index (χ0v) is 18.2. The molecule has 0 N–H and O–H groups in total. The number of nitrogens with zero attached hydrogens (tertiary/aromatic N) is 3. The number of fused-ring (bicyclic) bond motifs is 1. The minimum absolute atomic E-state index is 0.146. The molecule has 3 heterocycles.